The molecule has 0 saturated heterocycles. The Morgan fingerprint density at radius 1 is 1.36 bits per heavy atom. The van der Waals surface area contributed by atoms with Gasteiger partial charge in [-0.05, 0) is 6.92 Å². The maximum Gasteiger partial charge on any atom is 0.0792 e. The van der Waals surface area contributed by atoms with Gasteiger partial charge in [0.15, 0.2) is 0 Å². The summed E-state index contributed by atoms with van der Waals surface area (Å²) in [7, 11) is 0. The first kappa shape index (κ1) is 8.78. The average Bonchev–Trinajstić information content (AvgIpc) is 1.85. The van der Waals surface area contributed by atoms with Crippen molar-refractivity contribution in [2.75, 3.05) is 0 Å². The molecule has 4 heteroatoms. The molecule has 1 N–H and O–H groups in total. The molecule has 0 bridgehead atoms. The molecule has 1 heterocycles. The fourth-order valence-electron chi connectivity index (χ4n) is 0.820. The second kappa shape index (κ2) is 3.39. The van der Waals surface area contributed by atoms with Gasteiger partial charge in [0.2, 0.25) is 0 Å². The van der Waals surface area contributed by atoms with Gasteiger partial charge >= 0.3 is 0 Å². The second-order valence-electron chi connectivity index (χ2n) is 2.19. The van der Waals surface area contributed by atoms with Crippen molar-refractivity contribution < 1.29 is 5.11 Å². The summed E-state index contributed by atoms with van der Waals surface area (Å²) in [5, 5.41) is 9.98. The van der Waals surface area contributed by atoms with Gasteiger partial charge in [-0.25, -0.2) is 0 Å². The molecule has 0 radical (unpaired) electrons. The van der Waals surface area contributed by atoms with Gasteiger partial charge < -0.3 is 5.11 Å². The third-order valence-electron chi connectivity index (χ3n) is 1.31. The van der Waals surface area contributed by atoms with E-state index in [1.165, 1.54) is 12.4 Å². The molecule has 1 atom stereocenters. The zero-order valence-corrected chi connectivity index (χ0v) is 7.39. The van der Waals surface area contributed by atoms with Crippen LogP contribution in [0.1, 0.15) is 18.6 Å². The van der Waals surface area contributed by atoms with Crippen LogP contribution in [0.3, 0.4) is 0 Å². The van der Waals surface area contributed by atoms with Crippen LogP contribution in [0.4, 0.5) is 0 Å². The van der Waals surface area contributed by atoms with E-state index < -0.39 is 6.10 Å². The van der Waals surface area contributed by atoms with Crippen LogP contribution in [0.25, 0.3) is 0 Å². The molecule has 11 heavy (non-hydrogen) atoms. The minimum Gasteiger partial charge on any atom is -0.389 e. The van der Waals surface area contributed by atoms with E-state index in [1.54, 1.807) is 6.92 Å². The Bertz CT molecular complexity index is 242. The van der Waals surface area contributed by atoms with E-state index in [2.05, 4.69) is 4.98 Å². The first-order valence-corrected chi connectivity index (χ1v) is 3.85. The predicted molar refractivity (Wildman–Crippen MR) is 44.9 cm³/mol. The van der Waals surface area contributed by atoms with Gasteiger partial charge in [0.25, 0.3) is 0 Å². The summed E-state index contributed by atoms with van der Waals surface area (Å²) in [6.45, 7) is 1.60. The molecule has 0 saturated carbocycles. The highest BCUT2D eigenvalue weighted by atomic mass is 35.5. The third kappa shape index (κ3) is 1.83. The maximum absolute atomic E-state index is 9.19. The van der Waals surface area contributed by atoms with E-state index in [9.17, 15) is 5.11 Å². The van der Waals surface area contributed by atoms with E-state index in [-0.39, 0.29) is 0 Å². The summed E-state index contributed by atoms with van der Waals surface area (Å²) in [6, 6.07) is 0. The second-order valence-corrected chi connectivity index (χ2v) is 3.01. The average molecular weight is 192 g/mol. The molecule has 60 valence electrons. The fraction of sp³-hybridized carbons (Fsp3) is 0.286. The molecular weight excluding hydrogens is 185 g/mol. The Kier molecular flexibility index (Phi) is 2.71. The number of pyridine rings is 1. The number of rotatable bonds is 1. The number of hydrogen-bond donors (Lipinski definition) is 1. The standard InChI is InChI=1S/C7H7Cl2NO/c1-4(11)7-5(8)2-10-3-6(7)9/h2-4,11H,1H3/t4-/m1/s1. The van der Waals surface area contributed by atoms with Crippen LogP contribution in [-0.2, 0) is 0 Å². The van der Waals surface area contributed by atoms with E-state index in [0.717, 1.165) is 0 Å². The van der Waals surface area contributed by atoms with Crippen molar-refractivity contribution in [3.8, 4) is 0 Å². The summed E-state index contributed by atoms with van der Waals surface area (Å²) >= 11 is 11.4. The van der Waals surface area contributed by atoms with Crippen molar-refractivity contribution in [2.45, 2.75) is 13.0 Å². The predicted octanol–water partition coefficient (Wildman–Crippen LogP) is 2.44. The van der Waals surface area contributed by atoms with Gasteiger partial charge in [-0.15, -0.1) is 0 Å². The summed E-state index contributed by atoms with van der Waals surface area (Å²) < 4.78 is 0. The van der Waals surface area contributed by atoms with Crippen LogP contribution < -0.4 is 0 Å². The molecule has 0 aromatic carbocycles. The van der Waals surface area contributed by atoms with Crippen LogP contribution in [0.5, 0.6) is 0 Å². The number of aliphatic hydroxyl groups excluding tert-OH is 1. The number of aliphatic hydroxyl groups is 1. The van der Waals surface area contributed by atoms with Crippen LogP contribution >= 0.6 is 23.2 Å². The van der Waals surface area contributed by atoms with Gasteiger partial charge in [0.1, 0.15) is 0 Å². The topological polar surface area (TPSA) is 33.1 Å². The molecule has 0 amide bonds. The minimum atomic E-state index is -0.655. The van der Waals surface area contributed by atoms with E-state index in [1.807, 2.05) is 0 Å². The molecule has 1 aromatic rings. The largest absolute Gasteiger partial charge is 0.389 e. The SMILES string of the molecule is C[C@@H](O)c1c(Cl)cncc1Cl. The number of hydrogen-bond acceptors (Lipinski definition) is 2. The third-order valence-corrected chi connectivity index (χ3v) is 1.91. The number of halogens is 2. The van der Waals surface area contributed by atoms with Gasteiger partial charge in [-0.1, -0.05) is 23.2 Å². The van der Waals surface area contributed by atoms with Crippen molar-refractivity contribution in [1.29, 1.82) is 0 Å². The summed E-state index contributed by atoms with van der Waals surface area (Å²) in [5.41, 5.74) is 0.531. The highest BCUT2D eigenvalue weighted by Crippen LogP contribution is 2.28. The highest BCUT2D eigenvalue weighted by molar-refractivity contribution is 6.35. The van der Waals surface area contributed by atoms with Crippen molar-refractivity contribution in [1.82, 2.24) is 4.98 Å². The zero-order chi connectivity index (χ0) is 8.43. The zero-order valence-electron chi connectivity index (χ0n) is 5.88. The van der Waals surface area contributed by atoms with Gasteiger partial charge in [-0.2, -0.15) is 0 Å². The summed E-state index contributed by atoms with van der Waals surface area (Å²) in [4.78, 5) is 3.75. The number of nitrogens with zero attached hydrogens (tertiary/aromatic N) is 1. The lowest BCUT2D eigenvalue weighted by Gasteiger charge is -2.07. The Morgan fingerprint density at radius 2 is 1.82 bits per heavy atom. The summed E-state index contributed by atoms with van der Waals surface area (Å²) in [6.07, 6.45) is 2.25. The molecule has 1 aromatic heterocycles. The van der Waals surface area contributed by atoms with E-state index in [0.29, 0.717) is 15.6 Å². The van der Waals surface area contributed by atoms with Crippen molar-refractivity contribution in [2.24, 2.45) is 0 Å². The lowest BCUT2D eigenvalue weighted by atomic mass is 10.2. The molecule has 1 rings (SSSR count). The Hall–Kier alpha value is -0.310. The first-order chi connectivity index (χ1) is 5.13. The molecule has 0 fully saturated rings. The Balaban J connectivity index is 3.21. The maximum atomic E-state index is 9.19. The molecule has 0 aliphatic carbocycles. The van der Waals surface area contributed by atoms with Gasteiger partial charge in [-0.3, -0.25) is 4.98 Å². The Morgan fingerprint density at radius 3 is 2.09 bits per heavy atom. The van der Waals surface area contributed by atoms with Crippen molar-refractivity contribution in [3.05, 3.63) is 28.0 Å². The smallest absolute Gasteiger partial charge is 0.0792 e. The van der Waals surface area contributed by atoms with Crippen molar-refractivity contribution in [3.63, 3.8) is 0 Å². The van der Waals surface area contributed by atoms with Crippen molar-refractivity contribution >= 4 is 23.2 Å². The molecule has 0 aliphatic heterocycles. The van der Waals surface area contributed by atoms with Crippen LogP contribution in [-0.4, -0.2) is 10.1 Å². The Labute approximate surface area is 74.8 Å². The quantitative estimate of drug-likeness (QED) is 0.741. The molecule has 0 unspecified atom stereocenters. The lowest BCUT2D eigenvalue weighted by Crippen LogP contribution is -1.94. The van der Waals surface area contributed by atoms with Gasteiger partial charge in [0, 0.05) is 18.0 Å². The van der Waals surface area contributed by atoms with Gasteiger partial charge in [0.05, 0.1) is 16.1 Å². The van der Waals surface area contributed by atoms with Crippen LogP contribution in [0, 0.1) is 0 Å². The highest BCUT2D eigenvalue weighted by Gasteiger charge is 2.10. The summed E-state index contributed by atoms with van der Waals surface area (Å²) in [5.74, 6) is 0. The molecule has 0 aliphatic rings. The lowest BCUT2D eigenvalue weighted by molar-refractivity contribution is 0.199. The normalized spacial score (nSPS) is 13.1. The van der Waals surface area contributed by atoms with Crippen LogP contribution in [0.2, 0.25) is 10.0 Å². The fourth-order valence-corrected chi connectivity index (χ4v) is 1.50. The molecular formula is C7H7Cl2NO. The van der Waals surface area contributed by atoms with E-state index in [4.69, 9.17) is 23.2 Å². The molecule has 0 spiro atoms. The minimum absolute atomic E-state index is 0.396. The van der Waals surface area contributed by atoms with Crippen LogP contribution in [0.15, 0.2) is 12.4 Å². The molecule has 2 nitrogen and oxygen atoms in total. The number of aromatic nitrogens is 1. The first-order valence-electron chi connectivity index (χ1n) is 3.10. The monoisotopic (exact) mass is 191 g/mol. The van der Waals surface area contributed by atoms with E-state index >= 15 is 0 Å².